The van der Waals surface area contributed by atoms with Crippen LogP contribution in [0.2, 0.25) is 0 Å². The summed E-state index contributed by atoms with van der Waals surface area (Å²) >= 11 is 1.29. The maximum absolute atomic E-state index is 13.1. The van der Waals surface area contributed by atoms with E-state index in [1.807, 2.05) is 35.8 Å². The van der Waals surface area contributed by atoms with Crippen molar-refractivity contribution in [1.82, 2.24) is 14.5 Å². The molecule has 9 heteroatoms. The number of carboxylic acid groups (broad SMARTS) is 1. The van der Waals surface area contributed by atoms with Gasteiger partial charge in [-0.3, -0.25) is 9.59 Å². The number of carbonyl (C=O) groups is 2. The monoisotopic (exact) mass is 447 g/mol. The lowest BCUT2D eigenvalue weighted by Gasteiger charge is -2.26. The fraction of sp³-hybridized carbons (Fsp3) is 0.500. The summed E-state index contributed by atoms with van der Waals surface area (Å²) < 4.78 is 11.7. The van der Waals surface area contributed by atoms with Crippen molar-refractivity contribution in [2.24, 2.45) is 0 Å². The van der Waals surface area contributed by atoms with Gasteiger partial charge in [-0.05, 0) is 32.9 Å². The number of morpholine rings is 1. The Balaban J connectivity index is 1.92. The van der Waals surface area contributed by atoms with E-state index < -0.39 is 10.7 Å². The van der Waals surface area contributed by atoms with Gasteiger partial charge in [0, 0.05) is 42.9 Å². The zero-order valence-corrected chi connectivity index (χ0v) is 19.2. The second kappa shape index (κ2) is 9.84. The van der Waals surface area contributed by atoms with Crippen LogP contribution in [-0.2, 0) is 20.8 Å². The number of imidazole rings is 1. The molecule has 0 unspecified atom stereocenters. The summed E-state index contributed by atoms with van der Waals surface area (Å²) in [5.74, 6) is -0.257. The average molecular weight is 448 g/mol. The summed E-state index contributed by atoms with van der Waals surface area (Å²) in [6, 6.07) is 7.60. The van der Waals surface area contributed by atoms with Crippen LogP contribution in [0.15, 0.2) is 29.2 Å². The fourth-order valence-corrected chi connectivity index (χ4v) is 4.29. The Bertz CT molecular complexity index is 933. The molecule has 8 nitrogen and oxygen atoms in total. The Morgan fingerprint density at radius 2 is 1.87 bits per heavy atom. The van der Waals surface area contributed by atoms with Crippen molar-refractivity contribution in [2.75, 3.05) is 40.0 Å². The van der Waals surface area contributed by atoms with Crippen molar-refractivity contribution in [1.29, 1.82) is 0 Å². The van der Waals surface area contributed by atoms with Gasteiger partial charge in [-0.15, -0.1) is 11.8 Å². The van der Waals surface area contributed by atoms with E-state index in [-0.39, 0.29) is 5.91 Å². The summed E-state index contributed by atoms with van der Waals surface area (Å²) in [7, 11) is 1.64. The van der Waals surface area contributed by atoms with Gasteiger partial charge >= 0.3 is 5.97 Å². The SMILES string of the molecule is COCCn1c(-c2ccc(SC(C)(C)C(=O)O)cc2)nc(C(=O)N2CCOCC2)c1C. The van der Waals surface area contributed by atoms with E-state index in [0.717, 1.165) is 16.2 Å². The van der Waals surface area contributed by atoms with Gasteiger partial charge in [0.25, 0.3) is 5.91 Å². The van der Waals surface area contributed by atoms with E-state index >= 15 is 0 Å². The molecule has 31 heavy (non-hydrogen) atoms. The van der Waals surface area contributed by atoms with Gasteiger partial charge < -0.3 is 24.0 Å². The summed E-state index contributed by atoms with van der Waals surface area (Å²) in [6.45, 7) is 8.52. The molecule has 1 aromatic carbocycles. The first-order valence-corrected chi connectivity index (χ1v) is 11.0. The number of hydrogen-bond donors (Lipinski definition) is 1. The van der Waals surface area contributed by atoms with Gasteiger partial charge in [0.15, 0.2) is 0 Å². The van der Waals surface area contributed by atoms with E-state index in [4.69, 9.17) is 14.5 Å². The minimum atomic E-state index is -0.924. The molecule has 0 radical (unpaired) electrons. The van der Waals surface area contributed by atoms with Crippen LogP contribution < -0.4 is 0 Å². The maximum atomic E-state index is 13.1. The molecule has 0 aliphatic carbocycles. The number of methoxy groups -OCH3 is 1. The first kappa shape index (κ1) is 23.3. The summed E-state index contributed by atoms with van der Waals surface area (Å²) in [4.78, 5) is 31.8. The molecule has 1 N–H and O–H groups in total. The van der Waals surface area contributed by atoms with Gasteiger partial charge in [-0.1, -0.05) is 12.1 Å². The third-order valence-electron chi connectivity index (χ3n) is 5.24. The fourth-order valence-electron chi connectivity index (χ4n) is 3.34. The topological polar surface area (TPSA) is 93.9 Å². The lowest BCUT2D eigenvalue weighted by atomic mass is 10.2. The number of aliphatic carboxylic acids is 1. The lowest BCUT2D eigenvalue weighted by molar-refractivity contribution is -0.138. The molecule has 0 spiro atoms. The smallest absolute Gasteiger partial charge is 0.319 e. The van der Waals surface area contributed by atoms with E-state index in [2.05, 4.69) is 0 Å². The summed E-state index contributed by atoms with van der Waals surface area (Å²) in [6.07, 6.45) is 0. The quantitative estimate of drug-likeness (QED) is 0.622. The Hall–Kier alpha value is -2.36. The molecular weight excluding hydrogens is 418 g/mol. The van der Waals surface area contributed by atoms with E-state index in [0.29, 0.717) is 51.0 Å². The van der Waals surface area contributed by atoms with Crippen LogP contribution in [0.1, 0.15) is 30.0 Å². The predicted octanol–water partition coefficient (Wildman–Crippen LogP) is 2.93. The van der Waals surface area contributed by atoms with Crippen molar-refractivity contribution in [3.63, 3.8) is 0 Å². The number of nitrogens with zero attached hydrogens (tertiary/aromatic N) is 3. The van der Waals surface area contributed by atoms with Crippen LogP contribution in [0.5, 0.6) is 0 Å². The van der Waals surface area contributed by atoms with Crippen molar-refractivity contribution < 1.29 is 24.2 Å². The first-order chi connectivity index (χ1) is 14.7. The molecule has 1 amide bonds. The van der Waals surface area contributed by atoms with Gasteiger partial charge in [0.1, 0.15) is 16.3 Å². The number of thioether (sulfide) groups is 1. The normalized spacial score (nSPS) is 14.6. The zero-order chi connectivity index (χ0) is 22.6. The second-order valence-corrected chi connectivity index (χ2v) is 9.56. The molecular formula is C22H29N3O5S. The molecule has 0 saturated carbocycles. The van der Waals surface area contributed by atoms with Gasteiger partial charge in [-0.25, -0.2) is 4.98 Å². The van der Waals surface area contributed by atoms with E-state index in [1.165, 1.54) is 11.8 Å². The van der Waals surface area contributed by atoms with Crippen LogP contribution in [0.3, 0.4) is 0 Å². The standard InChI is InChI=1S/C22H29N3O5S/c1-15-18(20(26)24-9-13-30-14-10-24)23-19(25(15)11-12-29-4)16-5-7-17(8-6-16)31-22(2,3)21(27)28/h5-8H,9-14H2,1-4H3,(H,27,28). The average Bonchev–Trinajstić information content (AvgIpc) is 3.08. The maximum Gasteiger partial charge on any atom is 0.319 e. The third-order valence-corrected chi connectivity index (χ3v) is 6.43. The Morgan fingerprint density at radius 3 is 2.45 bits per heavy atom. The van der Waals surface area contributed by atoms with Crippen LogP contribution in [0.25, 0.3) is 11.4 Å². The molecule has 1 aromatic heterocycles. The number of aromatic nitrogens is 2. The lowest BCUT2D eigenvalue weighted by Crippen LogP contribution is -2.41. The molecule has 0 bridgehead atoms. The number of benzene rings is 1. The number of carbonyl (C=O) groups excluding carboxylic acids is 1. The minimum absolute atomic E-state index is 0.0893. The minimum Gasteiger partial charge on any atom is -0.480 e. The van der Waals surface area contributed by atoms with Crippen LogP contribution in [0, 0.1) is 6.92 Å². The molecule has 168 valence electrons. The molecule has 1 aliphatic rings. The Morgan fingerprint density at radius 1 is 1.23 bits per heavy atom. The van der Waals surface area contributed by atoms with Crippen LogP contribution in [0.4, 0.5) is 0 Å². The Labute approximate surface area is 186 Å². The van der Waals surface area contributed by atoms with Crippen molar-refractivity contribution in [3.05, 3.63) is 35.7 Å². The molecule has 3 rings (SSSR count). The summed E-state index contributed by atoms with van der Waals surface area (Å²) in [5, 5.41) is 9.36. The summed E-state index contributed by atoms with van der Waals surface area (Å²) in [5.41, 5.74) is 2.10. The highest BCUT2D eigenvalue weighted by Crippen LogP contribution is 2.34. The molecule has 1 fully saturated rings. The van der Waals surface area contributed by atoms with Crippen molar-refractivity contribution >= 4 is 23.6 Å². The van der Waals surface area contributed by atoms with E-state index in [1.54, 1.807) is 25.9 Å². The highest BCUT2D eigenvalue weighted by molar-refractivity contribution is 8.01. The highest BCUT2D eigenvalue weighted by Gasteiger charge is 2.29. The molecule has 2 heterocycles. The number of rotatable bonds is 8. The number of ether oxygens (including phenoxy) is 2. The van der Waals surface area contributed by atoms with Gasteiger partial charge in [0.2, 0.25) is 0 Å². The molecule has 1 saturated heterocycles. The van der Waals surface area contributed by atoms with E-state index in [9.17, 15) is 14.7 Å². The van der Waals surface area contributed by atoms with Gasteiger partial charge in [0.05, 0.1) is 19.8 Å². The predicted molar refractivity (Wildman–Crippen MR) is 119 cm³/mol. The molecule has 2 aromatic rings. The second-order valence-electron chi connectivity index (χ2n) is 7.86. The van der Waals surface area contributed by atoms with Gasteiger partial charge in [-0.2, -0.15) is 0 Å². The van der Waals surface area contributed by atoms with Crippen LogP contribution >= 0.6 is 11.8 Å². The number of hydrogen-bond acceptors (Lipinski definition) is 6. The highest BCUT2D eigenvalue weighted by atomic mass is 32.2. The Kier molecular flexibility index (Phi) is 7.40. The first-order valence-electron chi connectivity index (χ1n) is 10.2. The third kappa shape index (κ3) is 5.28. The molecule has 0 atom stereocenters. The zero-order valence-electron chi connectivity index (χ0n) is 18.4. The largest absolute Gasteiger partial charge is 0.480 e. The number of carboxylic acids is 1. The van der Waals surface area contributed by atoms with Crippen molar-refractivity contribution in [3.8, 4) is 11.4 Å². The number of amides is 1. The molecule has 1 aliphatic heterocycles. The van der Waals surface area contributed by atoms with Crippen molar-refractivity contribution in [2.45, 2.75) is 37.0 Å². The van der Waals surface area contributed by atoms with Crippen LogP contribution in [-0.4, -0.2) is 76.2 Å².